The van der Waals surface area contributed by atoms with Gasteiger partial charge in [0, 0.05) is 30.0 Å². The molecule has 0 spiro atoms. The molecule has 4 heteroatoms. The van der Waals surface area contributed by atoms with Crippen molar-refractivity contribution >= 4 is 17.7 Å². The van der Waals surface area contributed by atoms with Gasteiger partial charge in [0.05, 0.1) is 0 Å². The van der Waals surface area contributed by atoms with Gasteiger partial charge >= 0.3 is 0 Å². The van der Waals surface area contributed by atoms with Gasteiger partial charge in [0.1, 0.15) is 0 Å². The van der Waals surface area contributed by atoms with E-state index in [1.807, 2.05) is 11.8 Å². The molecule has 86 valence electrons. The van der Waals surface area contributed by atoms with Gasteiger partial charge in [-0.05, 0) is 32.9 Å². The van der Waals surface area contributed by atoms with Gasteiger partial charge in [-0.1, -0.05) is 0 Å². The molecule has 0 aromatic rings. The molecule has 3 nitrogen and oxygen atoms in total. The smallest absolute Gasteiger partial charge is 0.223 e. The largest absolute Gasteiger partial charge is 0.340 e. The Hall–Kier alpha value is -0.220. The van der Waals surface area contributed by atoms with Crippen LogP contribution in [0, 0.1) is 5.92 Å². The molecule has 0 saturated carbocycles. The highest BCUT2D eigenvalue weighted by Gasteiger charge is 2.31. The van der Waals surface area contributed by atoms with Crippen molar-refractivity contribution in [2.75, 3.05) is 31.9 Å². The third-order valence-corrected chi connectivity index (χ3v) is 4.40. The van der Waals surface area contributed by atoms with Crippen LogP contribution >= 0.6 is 11.8 Å². The van der Waals surface area contributed by atoms with Crippen LogP contribution in [0.4, 0.5) is 0 Å². The van der Waals surface area contributed by atoms with E-state index in [-0.39, 0.29) is 4.75 Å². The maximum absolute atomic E-state index is 12.0. The summed E-state index contributed by atoms with van der Waals surface area (Å²) in [4.78, 5) is 14.0. The van der Waals surface area contributed by atoms with Crippen molar-refractivity contribution in [1.29, 1.82) is 0 Å². The zero-order valence-corrected chi connectivity index (χ0v) is 10.4. The van der Waals surface area contributed by atoms with Crippen LogP contribution in [0.25, 0.3) is 0 Å². The molecule has 0 aliphatic carbocycles. The zero-order valence-electron chi connectivity index (χ0n) is 9.58. The first-order chi connectivity index (χ1) is 7.07. The van der Waals surface area contributed by atoms with E-state index in [0.717, 1.165) is 38.4 Å². The van der Waals surface area contributed by atoms with E-state index in [2.05, 4.69) is 24.1 Å². The number of nitrogens with zero attached hydrogens (tertiary/aromatic N) is 1. The summed E-state index contributed by atoms with van der Waals surface area (Å²) in [7, 11) is 0. The number of nitrogens with one attached hydrogen (secondary N) is 1. The summed E-state index contributed by atoms with van der Waals surface area (Å²) in [5, 5.41) is 3.21. The molecule has 1 amide bonds. The van der Waals surface area contributed by atoms with Gasteiger partial charge in [-0.3, -0.25) is 4.79 Å². The Morgan fingerprint density at radius 3 is 2.80 bits per heavy atom. The third kappa shape index (κ3) is 2.88. The van der Waals surface area contributed by atoms with E-state index in [4.69, 9.17) is 0 Å². The first kappa shape index (κ1) is 11.3. The van der Waals surface area contributed by atoms with Gasteiger partial charge in [-0.15, -0.1) is 0 Å². The highest BCUT2D eigenvalue weighted by molar-refractivity contribution is 8.00. The molecular weight excluding hydrogens is 208 g/mol. The number of hydrogen-bond donors (Lipinski definition) is 1. The second kappa shape index (κ2) is 4.34. The lowest BCUT2D eigenvalue weighted by molar-refractivity contribution is -0.132. The van der Waals surface area contributed by atoms with E-state index in [0.29, 0.717) is 11.8 Å². The Morgan fingerprint density at radius 2 is 2.27 bits per heavy atom. The molecule has 2 aliphatic heterocycles. The Kier molecular flexibility index (Phi) is 3.26. The SMILES string of the molecule is CC1(C)CN(C(=O)CC2CNC2)CCS1. The van der Waals surface area contributed by atoms with E-state index < -0.39 is 0 Å². The van der Waals surface area contributed by atoms with E-state index >= 15 is 0 Å². The quantitative estimate of drug-likeness (QED) is 0.764. The fraction of sp³-hybridized carbons (Fsp3) is 0.909. The lowest BCUT2D eigenvalue weighted by atomic mass is 9.98. The highest BCUT2D eigenvalue weighted by Crippen LogP contribution is 2.30. The number of thioether (sulfide) groups is 1. The summed E-state index contributed by atoms with van der Waals surface area (Å²) < 4.78 is 0.242. The highest BCUT2D eigenvalue weighted by atomic mass is 32.2. The van der Waals surface area contributed by atoms with Crippen molar-refractivity contribution in [2.24, 2.45) is 5.92 Å². The number of carbonyl (C=O) groups excluding carboxylic acids is 1. The molecule has 0 atom stereocenters. The maximum atomic E-state index is 12.0. The fourth-order valence-electron chi connectivity index (χ4n) is 2.10. The molecule has 2 rings (SSSR count). The molecule has 2 saturated heterocycles. The van der Waals surface area contributed by atoms with Gasteiger partial charge in [-0.25, -0.2) is 0 Å². The van der Waals surface area contributed by atoms with Crippen molar-refractivity contribution in [1.82, 2.24) is 10.2 Å². The first-order valence-corrected chi connectivity index (χ1v) is 6.68. The first-order valence-electron chi connectivity index (χ1n) is 5.69. The molecule has 0 radical (unpaired) electrons. The summed E-state index contributed by atoms with van der Waals surface area (Å²) in [6.45, 7) is 8.35. The summed E-state index contributed by atoms with van der Waals surface area (Å²) in [5.74, 6) is 2.03. The van der Waals surface area contributed by atoms with Crippen LogP contribution in [0.3, 0.4) is 0 Å². The Morgan fingerprint density at radius 1 is 1.53 bits per heavy atom. The fourth-order valence-corrected chi connectivity index (χ4v) is 3.21. The molecular formula is C11H20N2OS. The third-order valence-electron chi connectivity index (χ3n) is 3.11. The summed E-state index contributed by atoms with van der Waals surface area (Å²) in [6.07, 6.45) is 0.744. The molecule has 15 heavy (non-hydrogen) atoms. The van der Waals surface area contributed by atoms with Crippen molar-refractivity contribution in [3.05, 3.63) is 0 Å². The molecule has 2 aliphatic rings. The summed E-state index contributed by atoms with van der Waals surface area (Å²) in [5.41, 5.74) is 0. The minimum atomic E-state index is 0.242. The summed E-state index contributed by atoms with van der Waals surface area (Å²) >= 11 is 1.97. The predicted octanol–water partition coefficient (Wildman–Crippen LogP) is 0.950. The minimum Gasteiger partial charge on any atom is -0.340 e. The molecule has 0 aromatic carbocycles. The molecule has 2 fully saturated rings. The average molecular weight is 228 g/mol. The van der Waals surface area contributed by atoms with Crippen molar-refractivity contribution in [2.45, 2.75) is 25.0 Å². The van der Waals surface area contributed by atoms with Crippen LogP contribution in [0.2, 0.25) is 0 Å². The maximum Gasteiger partial charge on any atom is 0.223 e. The molecule has 0 unspecified atom stereocenters. The second-order valence-corrected chi connectivity index (χ2v) is 6.95. The molecule has 2 heterocycles. The van der Waals surface area contributed by atoms with Crippen LogP contribution < -0.4 is 5.32 Å². The number of hydrogen-bond acceptors (Lipinski definition) is 3. The van der Waals surface area contributed by atoms with E-state index in [1.165, 1.54) is 0 Å². The van der Waals surface area contributed by atoms with E-state index in [1.54, 1.807) is 0 Å². The summed E-state index contributed by atoms with van der Waals surface area (Å²) in [6, 6.07) is 0. The standard InChI is InChI=1S/C11H20N2OS/c1-11(2)8-13(3-4-15-11)10(14)5-9-6-12-7-9/h9,12H,3-8H2,1-2H3. The van der Waals surface area contributed by atoms with Gasteiger partial charge in [0.25, 0.3) is 0 Å². The van der Waals surface area contributed by atoms with Crippen LogP contribution in [0.1, 0.15) is 20.3 Å². The van der Waals surface area contributed by atoms with E-state index in [9.17, 15) is 4.79 Å². The van der Waals surface area contributed by atoms with Gasteiger partial charge in [-0.2, -0.15) is 11.8 Å². The minimum absolute atomic E-state index is 0.242. The molecule has 0 bridgehead atoms. The Labute approximate surface area is 96.0 Å². The molecule has 1 N–H and O–H groups in total. The Bertz CT molecular complexity index is 251. The van der Waals surface area contributed by atoms with Crippen LogP contribution in [-0.4, -0.2) is 47.5 Å². The average Bonchev–Trinajstić information content (AvgIpc) is 2.09. The normalized spacial score (nSPS) is 26.1. The monoisotopic (exact) mass is 228 g/mol. The van der Waals surface area contributed by atoms with Crippen molar-refractivity contribution in [3.63, 3.8) is 0 Å². The number of amides is 1. The van der Waals surface area contributed by atoms with Crippen molar-refractivity contribution < 1.29 is 4.79 Å². The second-order valence-electron chi connectivity index (χ2n) is 5.15. The van der Waals surface area contributed by atoms with Crippen molar-refractivity contribution in [3.8, 4) is 0 Å². The topological polar surface area (TPSA) is 32.3 Å². The number of rotatable bonds is 2. The lowest BCUT2D eigenvalue weighted by Crippen LogP contribution is -2.49. The van der Waals surface area contributed by atoms with Gasteiger partial charge in [0.15, 0.2) is 0 Å². The van der Waals surface area contributed by atoms with Crippen LogP contribution in [0.5, 0.6) is 0 Å². The number of carbonyl (C=O) groups is 1. The van der Waals surface area contributed by atoms with Crippen LogP contribution in [-0.2, 0) is 4.79 Å². The van der Waals surface area contributed by atoms with Gasteiger partial charge < -0.3 is 10.2 Å². The molecule has 0 aromatic heterocycles. The van der Waals surface area contributed by atoms with Gasteiger partial charge in [0.2, 0.25) is 5.91 Å². The van der Waals surface area contributed by atoms with Crippen LogP contribution in [0.15, 0.2) is 0 Å². The lowest BCUT2D eigenvalue weighted by Gasteiger charge is -2.38. The zero-order chi connectivity index (χ0) is 10.9. The Balaban J connectivity index is 1.83. The predicted molar refractivity (Wildman–Crippen MR) is 64.1 cm³/mol.